The third-order valence-corrected chi connectivity index (χ3v) is 15.4. The van der Waals surface area contributed by atoms with Gasteiger partial charge in [-0.15, -0.1) is 0 Å². The maximum Gasteiger partial charge on any atom is 0.274 e. The highest BCUT2D eigenvalue weighted by Gasteiger charge is 2.47. The normalized spacial score (nSPS) is 19.6. The molecule has 3 heterocycles. The average molecular weight is 1180 g/mol. The number of hydrogen-bond donors (Lipinski definition) is 5. The average Bonchev–Trinajstić information content (AvgIpc) is 4.12. The number of aliphatic hydroxyl groups is 2. The van der Waals surface area contributed by atoms with Gasteiger partial charge in [0.05, 0.1) is 27.4 Å². The van der Waals surface area contributed by atoms with Crippen molar-refractivity contribution in [2.45, 2.75) is 148 Å². The first-order chi connectivity index (χ1) is 37.6. The van der Waals surface area contributed by atoms with Crippen LogP contribution in [-0.2, 0) is 50.7 Å². The minimum absolute atomic E-state index is 0.0218. The van der Waals surface area contributed by atoms with Gasteiger partial charge >= 0.3 is 0 Å². The van der Waals surface area contributed by atoms with Crippen molar-refractivity contribution in [2.24, 2.45) is 5.41 Å². The van der Waals surface area contributed by atoms with Crippen molar-refractivity contribution in [3.05, 3.63) is 97.7 Å². The molecule has 0 radical (unpaired) electrons. The lowest BCUT2D eigenvalue weighted by atomic mass is 9.87. The van der Waals surface area contributed by atoms with Gasteiger partial charge < -0.3 is 69.0 Å². The highest BCUT2D eigenvalue weighted by Crippen LogP contribution is 2.56. The first-order valence-electron chi connectivity index (χ1n) is 26.1. The lowest BCUT2D eigenvalue weighted by molar-refractivity contribution is -0.347. The summed E-state index contributed by atoms with van der Waals surface area (Å²) in [4.78, 5) is 97.1. The number of aliphatic hydroxyl groups excluding tert-OH is 2. The minimum Gasteiger partial charge on any atom is -0.790 e. The van der Waals surface area contributed by atoms with Crippen LogP contribution in [-0.4, -0.2) is 103 Å². The smallest absolute Gasteiger partial charge is 0.274 e. The van der Waals surface area contributed by atoms with E-state index in [1.165, 1.54) is 39.2 Å². The molecule has 1 saturated heterocycles. The topological polar surface area (TPSA) is 375 Å². The Morgan fingerprint density at radius 1 is 0.797 bits per heavy atom. The van der Waals surface area contributed by atoms with E-state index in [4.69, 9.17) is 10.5 Å². The number of anilines is 1. The Kier molecular flexibility index (Phi) is 32.3. The van der Waals surface area contributed by atoms with Crippen LogP contribution in [0.1, 0.15) is 123 Å². The summed E-state index contributed by atoms with van der Waals surface area (Å²) in [7, 11) is -17.6. The second kappa shape index (κ2) is 37.0. The van der Waals surface area contributed by atoms with Crippen molar-refractivity contribution in [3.8, 4) is 0 Å². The Morgan fingerprint density at radius 2 is 1.35 bits per heavy atom. The number of imidazole rings is 1. The number of amides is 2. The van der Waals surface area contributed by atoms with Crippen molar-refractivity contribution >= 4 is 69.1 Å². The summed E-state index contributed by atoms with van der Waals surface area (Å²) < 4.78 is 60.9. The number of unbranched alkanes of at least 4 members (excludes halogenated alkanes) is 7. The highest BCUT2D eigenvalue weighted by molar-refractivity contribution is 8.14. The van der Waals surface area contributed by atoms with E-state index < -0.39 is 84.6 Å². The van der Waals surface area contributed by atoms with Crippen molar-refractivity contribution < 1.29 is 80.5 Å². The van der Waals surface area contributed by atoms with Gasteiger partial charge in [-0.1, -0.05) is 137 Å². The van der Waals surface area contributed by atoms with Gasteiger partial charge in [-0.3, -0.25) is 28.1 Å². The van der Waals surface area contributed by atoms with Crippen LogP contribution in [0.3, 0.4) is 0 Å². The molecule has 0 bridgehead atoms. The summed E-state index contributed by atoms with van der Waals surface area (Å²) in [6, 6.07) is 0. The van der Waals surface area contributed by atoms with Crippen LogP contribution in [0, 0.1) is 5.41 Å². The second-order valence-electron chi connectivity index (χ2n) is 18.7. The van der Waals surface area contributed by atoms with Gasteiger partial charge in [-0.05, 0) is 70.3 Å². The van der Waals surface area contributed by atoms with Crippen LogP contribution in [0.15, 0.2) is 97.7 Å². The molecule has 7 atom stereocenters. The maximum atomic E-state index is 12.7. The third kappa shape index (κ3) is 28.8. The standard InChI is InChI=1S/C51H80N7O17P3S/c1-4-5-6-7-8-9-10-11-12-13-14-15-16-17-18-19-20-21-22-23-24-25-26-27-28-29-30-31-42(60)79-35-34-53-41(59)32-33-54-49(63)46(62)51(2,3)37-72-78(69,70)75-77(67,68)71-36-40-45(74-76(64,65)66)44(61)50(73-40)58-39-57-43-47(52)55-38-56-48(43)58/h5-6,8-9,11-12,14-15,17-18,20-21,30-31,38-40,44-46,50,61-62H,4,7,10,13,16,19,22-29,32-37H2,1-3H3,(H,53,59)(H,54,63)(H,67,68)(H,69,70)(H2,52,55,56)(H2,64,65,66)/p-4/b6-5-,9-8-,12-11-,15-14-,18-17-,21-20-,31-30+/t40-,44-,45-,46+,50-/m1/s1. The molecular weight excluding hydrogens is 1110 g/mol. The molecule has 2 aromatic rings. The molecule has 442 valence electrons. The Labute approximate surface area is 466 Å². The largest absolute Gasteiger partial charge is 0.790 e. The molecule has 24 nitrogen and oxygen atoms in total. The molecule has 0 aliphatic carbocycles. The van der Waals surface area contributed by atoms with Crippen LogP contribution < -0.4 is 35.9 Å². The Morgan fingerprint density at radius 3 is 1.95 bits per heavy atom. The number of nitrogens with two attached hydrogens (primary N) is 1. The highest BCUT2D eigenvalue weighted by atomic mass is 32.2. The van der Waals surface area contributed by atoms with Crippen molar-refractivity contribution in [1.82, 2.24) is 30.2 Å². The maximum absolute atomic E-state index is 12.7. The minimum atomic E-state index is -5.93. The number of carbonyl (C=O) groups excluding carboxylic acids is 3. The van der Waals surface area contributed by atoms with Gasteiger partial charge in [0.25, 0.3) is 15.6 Å². The molecule has 1 aliphatic heterocycles. The summed E-state index contributed by atoms with van der Waals surface area (Å²) in [5.74, 6) is -1.23. The van der Waals surface area contributed by atoms with E-state index in [1.54, 1.807) is 0 Å². The van der Waals surface area contributed by atoms with Crippen LogP contribution in [0.2, 0.25) is 0 Å². The number of thioether (sulfide) groups is 1. The van der Waals surface area contributed by atoms with E-state index in [1.807, 2.05) is 6.08 Å². The van der Waals surface area contributed by atoms with Gasteiger partial charge in [0, 0.05) is 30.7 Å². The molecule has 0 spiro atoms. The van der Waals surface area contributed by atoms with Crippen molar-refractivity contribution in [1.29, 1.82) is 0 Å². The molecule has 1 aliphatic rings. The van der Waals surface area contributed by atoms with Crippen molar-refractivity contribution in [3.63, 3.8) is 0 Å². The summed E-state index contributed by atoms with van der Waals surface area (Å²) in [5, 5.41) is 26.3. The zero-order valence-corrected chi connectivity index (χ0v) is 48.4. The quantitative estimate of drug-likeness (QED) is 0.0237. The summed E-state index contributed by atoms with van der Waals surface area (Å²) in [6.45, 7) is 2.23. The number of allylic oxidation sites excluding steroid dienone is 13. The molecule has 6 N–H and O–H groups in total. The Balaban J connectivity index is 1.21. The number of rotatable bonds is 40. The van der Waals surface area contributed by atoms with E-state index >= 15 is 0 Å². The van der Waals surface area contributed by atoms with Crippen LogP contribution >= 0.6 is 35.2 Å². The molecular formula is C51H76N7O17P3S-4. The van der Waals surface area contributed by atoms with E-state index in [2.05, 4.69) is 123 Å². The number of phosphoric ester groups is 3. The fourth-order valence-electron chi connectivity index (χ4n) is 7.36. The zero-order valence-electron chi connectivity index (χ0n) is 44.9. The number of aromatic nitrogens is 4. The summed E-state index contributed by atoms with van der Waals surface area (Å²) in [6.07, 6.45) is 36.8. The molecule has 3 rings (SSSR count). The Bertz CT molecular complexity index is 2550. The number of nitrogens with zero attached hydrogens (tertiary/aromatic N) is 4. The van der Waals surface area contributed by atoms with E-state index in [9.17, 15) is 57.9 Å². The number of carbonyl (C=O) groups is 3. The van der Waals surface area contributed by atoms with Crippen LogP contribution in [0.4, 0.5) is 5.82 Å². The molecule has 1 fully saturated rings. The summed E-state index contributed by atoms with van der Waals surface area (Å²) >= 11 is 1.05. The van der Waals surface area contributed by atoms with Gasteiger partial charge in [-0.25, -0.2) is 19.3 Å². The van der Waals surface area contributed by atoms with Gasteiger partial charge in [-0.2, -0.15) is 0 Å². The number of ether oxygens (including phenoxy) is 1. The van der Waals surface area contributed by atoms with E-state index in [0.29, 0.717) is 5.75 Å². The fourth-order valence-corrected chi connectivity index (χ4v) is 10.7. The summed E-state index contributed by atoms with van der Waals surface area (Å²) in [5.41, 5.74) is 4.08. The molecule has 0 saturated carbocycles. The molecule has 0 aromatic carbocycles. The lowest BCUT2D eigenvalue weighted by Crippen LogP contribution is -2.46. The van der Waals surface area contributed by atoms with Crippen LogP contribution in [0.5, 0.6) is 0 Å². The molecule has 2 unspecified atom stereocenters. The van der Waals surface area contributed by atoms with Gasteiger partial charge in [0.15, 0.2) is 17.7 Å². The second-order valence-corrected chi connectivity index (χ2v) is 23.8. The number of fused-ring (bicyclic) bond motifs is 1. The SMILES string of the molecule is CC/C=C\C/C=C\C/C=C\C/C=C\C/C=C\C/C=C\CCCCCCCC/C=C/C(=O)SCCNC(=O)CCNC(=O)[C@H](O)C(C)(C)COP(=O)([O-])OP(=O)([O-])OC[C@H]1O[C@@H](n2cnc3c(N)ncnc32)[C@H](O)[C@@H]1OP(=O)([O-])[O-]. The van der Waals surface area contributed by atoms with Gasteiger partial charge in [0.2, 0.25) is 16.9 Å². The molecule has 2 amide bonds. The number of hydrogen-bond acceptors (Lipinski definition) is 22. The first kappa shape index (κ1) is 69.0. The zero-order chi connectivity index (χ0) is 58.2. The molecule has 2 aromatic heterocycles. The van der Waals surface area contributed by atoms with E-state index in [-0.39, 0.29) is 41.6 Å². The number of nitrogen functional groups attached to an aromatic ring is 1. The lowest BCUT2D eigenvalue weighted by Gasteiger charge is -2.36. The number of nitrogens with one attached hydrogen (secondary N) is 2. The van der Waals surface area contributed by atoms with Crippen LogP contribution in [0.25, 0.3) is 11.2 Å². The van der Waals surface area contributed by atoms with Gasteiger partial charge in [0.1, 0.15) is 36.3 Å². The Hall–Kier alpha value is -4.26. The monoisotopic (exact) mass is 1180 g/mol. The molecule has 79 heavy (non-hydrogen) atoms. The molecule has 28 heteroatoms. The fraction of sp³-hybridized carbons (Fsp3) is 0.569. The first-order valence-corrected chi connectivity index (χ1v) is 31.5. The predicted molar refractivity (Wildman–Crippen MR) is 293 cm³/mol. The predicted octanol–water partition coefficient (Wildman–Crippen LogP) is 5.51. The van der Waals surface area contributed by atoms with Crippen molar-refractivity contribution in [2.75, 3.05) is 37.8 Å². The third-order valence-electron chi connectivity index (χ3n) is 11.6. The number of phosphoric acid groups is 3. The van der Waals surface area contributed by atoms with E-state index in [0.717, 1.165) is 99.6 Å².